The van der Waals surface area contributed by atoms with Crippen LogP contribution in [0.4, 0.5) is 11.6 Å². The molecule has 0 amide bonds. The molecule has 1 aromatic heterocycles. The van der Waals surface area contributed by atoms with Crippen LogP contribution in [-0.4, -0.2) is 43.4 Å². The van der Waals surface area contributed by atoms with Gasteiger partial charge >= 0.3 is 0 Å². The topological polar surface area (TPSA) is 82.3 Å². The summed E-state index contributed by atoms with van der Waals surface area (Å²) in [5.41, 5.74) is 5.51. The zero-order chi connectivity index (χ0) is 12.3. The molecule has 0 saturated carbocycles. The van der Waals surface area contributed by atoms with Crippen LogP contribution in [0, 0.1) is 0 Å². The maximum Gasteiger partial charge on any atom is 0.146 e. The standard InChI is InChI=1S/C11H20N4O2/c1-16-6-7-17-5-3-2-4-14-11-9-13-8-10(12)15-11/h8-9H,2-7H2,1H3,(H3,12,14,15). The summed E-state index contributed by atoms with van der Waals surface area (Å²) in [6, 6.07) is 0. The first-order valence-corrected chi connectivity index (χ1v) is 5.71. The second kappa shape index (κ2) is 8.72. The molecular weight excluding hydrogens is 220 g/mol. The molecule has 0 aliphatic heterocycles. The normalized spacial score (nSPS) is 10.4. The Morgan fingerprint density at radius 3 is 2.88 bits per heavy atom. The van der Waals surface area contributed by atoms with E-state index in [1.54, 1.807) is 13.3 Å². The lowest BCUT2D eigenvalue weighted by Gasteiger charge is -2.06. The van der Waals surface area contributed by atoms with E-state index in [1.165, 1.54) is 6.20 Å². The van der Waals surface area contributed by atoms with Crippen molar-refractivity contribution in [3.63, 3.8) is 0 Å². The zero-order valence-corrected chi connectivity index (χ0v) is 10.2. The molecule has 0 aliphatic rings. The van der Waals surface area contributed by atoms with E-state index in [9.17, 15) is 0 Å². The Bertz CT molecular complexity index is 309. The van der Waals surface area contributed by atoms with Gasteiger partial charge in [0.15, 0.2) is 0 Å². The molecule has 1 rings (SSSR count). The van der Waals surface area contributed by atoms with Gasteiger partial charge in [-0.25, -0.2) is 4.98 Å². The van der Waals surface area contributed by atoms with E-state index < -0.39 is 0 Å². The second-order valence-electron chi connectivity index (χ2n) is 3.57. The molecule has 0 saturated heterocycles. The summed E-state index contributed by atoms with van der Waals surface area (Å²) >= 11 is 0. The fraction of sp³-hybridized carbons (Fsp3) is 0.636. The number of nitrogens with zero attached hydrogens (tertiary/aromatic N) is 2. The van der Waals surface area contributed by atoms with E-state index in [1.807, 2.05) is 0 Å². The summed E-state index contributed by atoms with van der Waals surface area (Å²) in [6.07, 6.45) is 5.20. The lowest BCUT2D eigenvalue weighted by atomic mass is 10.3. The highest BCUT2D eigenvalue weighted by atomic mass is 16.5. The molecule has 0 aromatic carbocycles. The zero-order valence-electron chi connectivity index (χ0n) is 10.2. The summed E-state index contributed by atoms with van der Waals surface area (Å²) in [5, 5.41) is 3.15. The quantitative estimate of drug-likeness (QED) is 0.624. The molecule has 0 spiro atoms. The minimum absolute atomic E-state index is 0.429. The van der Waals surface area contributed by atoms with Gasteiger partial charge in [-0.15, -0.1) is 0 Å². The number of ether oxygens (including phenoxy) is 2. The molecule has 0 bridgehead atoms. The lowest BCUT2D eigenvalue weighted by molar-refractivity contribution is 0.0691. The average molecular weight is 240 g/mol. The van der Waals surface area contributed by atoms with Gasteiger partial charge in [-0.3, -0.25) is 4.98 Å². The van der Waals surface area contributed by atoms with Crippen molar-refractivity contribution in [2.45, 2.75) is 12.8 Å². The summed E-state index contributed by atoms with van der Waals surface area (Å²) in [4.78, 5) is 8.03. The minimum atomic E-state index is 0.429. The summed E-state index contributed by atoms with van der Waals surface area (Å²) < 4.78 is 10.2. The van der Waals surface area contributed by atoms with Crippen LogP contribution in [0.2, 0.25) is 0 Å². The Kier molecular flexibility index (Phi) is 7.01. The van der Waals surface area contributed by atoms with Crippen LogP contribution in [-0.2, 0) is 9.47 Å². The summed E-state index contributed by atoms with van der Waals surface area (Å²) in [7, 11) is 1.67. The van der Waals surface area contributed by atoms with Crippen molar-refractivity contribution >= 4 is 11.6 Å². The van der Waals surface area contributed by atoms with Gasteiger partial charge in [-0.05, 0) is 12.8 Å². The Labute approximate surface area is 102 Å². The summed E-state index contributed by atoms with van der Waals surface area (Å²) in [6.45, 7) is 2.90. The van der Waals surface area contributed by atoms with E-state index in [2.05, 4.69) is 15.3 Å². The fourth-order valence-corrected chi connectivity index (χ4v) is 1.26. The average Bonchev–Trinajstić information content (AvgIpc) is 2.33. The minimum Gasteiger partial charge on any atom is -0.382 e. The number of nitrogens with one attached hydrogen (secondary N) is 1. The molecule has 6 nitrogen and oxygen atoms in total. The highest BCUT2D eigenvalue weighted by Gasteiger charge is 1.95. The Balaban J connectivity index is 1.97. The Morgan fingerprint density at radius 1 is 1.24 bits per heavy atom. The SMILES string of the molecule is COCCOCCCCNc1cncc(N)n1. The van der Waals surface area contributed by atoms with Crippen molar-refractivity contribution in [2.24, 2.45) is 0 Å². The molecule has 96 valence electrons. The molecule has 1 heterocycles. The Hall–Kier alpha value is -1.40. The number of nitrogens with two attached hydrogens (primary N) is 1. The van der Waals surface area contributed by atoms with Crippen LogP contribution in [0.25, 0.3) is 0 Å². The molecule has 1 aromatic rings. The first-order valence-electron chi connectivity index (χ1n) is 5.71. The molecule has 0 unspecified atom stereocenters. The second-order valence-corrected chi connectivity index (χ2v) is 3.57. The number of aromatic nitrogens is 2. The third-order valence-electron chi connectivity index (χ3n) is 2.11. The van der Waals surface area contributed by atoms with Gasteiger partial charge in [0.1, 0.15) is 11.6 Å². The van der Waals surface area contributed by atoms with Crippen molar-refractivity contribution in [1.82, 2.24) is 9.97 Å². The van der Waals surface area contributed by atoms with Gasteiger partial charge in [0, 0.05) is 20.3 Å². The maximum atomic E-state index is 5.51. The van der Waals surface area contributed by atoms with Gasteiger partial charge in [-0.1, -0.05) is 0 Å². The molecule has 0 atom stereocenters. The smallest absolute Gasteiger partial charge is 0.146 e. The van der Waals surface area contributed by atoms with Gasteiger partial charge in [0.05, 0.1) is 25.6 Å². The predicted octanol–water partition coefficient (Wildman–Crippen LogP) is 0.914. The highest BCUT2D eigenvalue weighted by molar-refractivity contribution is 5.37. The molecule has 0 aliphatic carbocycles. The Morgan fingerprint density at radius 2 is 2.12 bits per heavy atom. The van der Waals surface area contributed by atoms with Gasteiger partial charge in [-0.2, -0.15) is 0 Å². The molecule has 0 radical (unpaired) electrons. The van der Waals surface area contributed by atoms with Crippen LogP contribution < -0.4 is 11.1 Å². The number of methoxy groups -OCH3 is 1. The van der Waals surface area contributed by atoms with E-state index in [0.29, 0.717) is 24.8 Å². The van der Waals surface area contributed by atoms with E-state index in [0.717, 1.165) is 26.0 Å². The predicted molar refractivity (Wildman–Crippen MR) is 66.9 cm³/mol. The van der Waals surface area contributed by atoms with Crippen molar-refractivity contribution in [3.05, 3.63) is 12.4 Å². The number of hydrogen-bond acceptors (Lipinski definition) is 6. The molecule has 0 fully saturated rings. The highest BCUT2D eigenvalue weighted by Crippen LogP contribution is 2.03. The van der Waals surface area contributed by atoms with Crippen molar-refractivity contribution in [3.8, 4) is 0 Å². The van der Waals surface area contributed by atoms with E-state index >= 15 is 0 Å². The molecule has 3 N–H and O–H groups in total. The number of anilines is 2. The first kappa shape index (κ1) is 13.7. The first-order chi connectivity index (χ1) is 8.33. The van der Waals surface area contributed by atoms with Crippen LogP contribution >= 0.6 is 0 Å². The van der Waals surface area contributed by atoms with Crippen molar-refractivity contribution in [2.75, 3.05) is 44.5 Å². The van der Waals surface area contributed by atoms with Crippen LogP contribution in [0.15, 0.2) is 12.4 Å². The summed E-state index contributed by atoms with van der Waals surface area (Å²) in [5.74, 6) is 1.14. The monoisotopic (exact) mass is 240 g/mol. The number of hydrogen-bond donors (Lipinski definition) is 2. The van der Waals surface area contributed by atoms with Crippen LogP contribution in [0.3, 0.4) is 0 Å². The van der Waals surface area contributed by atoms with Gasteiger partial charge < -0.3 is 20.5 Å². The largest absolute Gasteiger partial charge is 0.382 e. The van der Waals surface area contributed by atoms with E-state index in [4.69, 9.17) is 15.2 Å². The number of unbranched alkanes of at least 4 members (excludes halogenated alkanes) is 1. The van der Waals surface area contributed by atoms with Gasteiger partial charge in [0.2, 0.25) is 0 Å². The fourth-order valence-electron chi connectivity index (χ4n) is 1.26. The van der Waals surface area contributed by atoms with E-state index in [-0.39, 0.29) is 0 Å². The third-order valence-corrected chi connectivity index (χ3v) is 2.11. The van der Waals surface area contributed by atoms with Crippen LogP contribution in [0.5, 0.6) is 0 Å². The van der Waals surface area contributed by atoms with Crippen molar-refractivity contribution in [1.29, 1.82) is 0 Å². The van der Waals surface area contributed by atoms with Gasteiger partial charge in [0.25, 0.3) is 0 Å². The number of nitrogen functional groups attached to an aromatic ring is 1. The van der Waals surface area contributed by atoms with Crippen molar-refractivity contribution < 1.29 is 9.47 Å². The van der Waals surface area contributed by atoms with Crippen LogP contribution in [0.1, 0.15) is 12.8 Å². The number of rotatable bonds is 9. The molecule has 6 heteroatoms. The molecule has 17 heavy (non-hydrogen) atoms. The maximum absolute atomic E-state index is 5.51. The third kappa shape index (κ3) is 6.70. The molecular formula is C11H20N4O2. The lowest BCUT2D eigenvalue weighted by Crippen LogP contribution is -2.07.